The minimum Gasteiger partial charge on any atom is -0.303 e. The molecule has 124 valence electrons. The lowest BCUT2D eigenvalue weighted by molar-refractivity contribution is 0.244. The van der Waals surface area contributed by atoms with Crippen LogP contribution in [-0.2, 0) is 20.3 Å². The van der Waals surface area contributed by atoms with E-state index in [4.69, 9.17) is 23.8 Å². The Labute approximate surface area is 151 Å². The van der Waals surface area contributed by atoms with E-state index in [9.17, 15) is 0 Å². The molecule has 0 amide bonds. The molecule has 0 bridgehead atoms. The van der Waals surface area contributed by atoms with Gasteiger partial charge in [0.2, 0.25) is 0 Å². The van der Waals surface area contributed by atoms with E-state index in [0.29, 0.717) is 16.5 Å². The van der Waals surface area contributed by atoms with Crippen molar-refractivity contribution in [1.82, 2.24) is 19.2 Å². The molecule has 6 heteroatoms. The van der Waals surface area contributed by atoms with Crippen molar-refractivity contribution >= 4 is 23.8 Å². The van der Waals surface area contributed by atoms with Gasteiger partial charge in [-0.25, -0.2) is 4.68 Å². The van der Waals surface area contributed by atoms with E-state index in [1.807, 2.05) is 58.8 Å². The number of hydrogen-bond acceptors (Lipinski definition) is 3. The Morgan fingerprint density at radius 2 is 1.75 bits per heavy atom. The monoisotopic (exact) mass is 358 g/mol. The molecule has 1 aromatic heterocycles. The number of halogens is 1. The number of aromatic nitrogens is 3. The molecule has 0 aliphatic rings. The van der Waals surface area contributed by atoms with Crippen molar-refractivity contribution in [2.75, 3.05) is 7.05 Å². The van der Waals surface area contributed by atoms with Gasteiger partial charge in [0.15, 0.2) is 10.6 Å². The Morgan fingerprint density at radius 1 is 1.08 bits per heavy atom. The Bertz CT molecular complexity index is 868. The fraction of sp³-hybridized carbons (Fsp3) is 0.222. The number of nitrogens with zero attached hydrogens (tertiary/aromatic N) is 4. The first-order valence-corrected chi connectivity index (χ1v) is 8.45. The van der Waals surface area contributed by atoms with Crippen molar-refractivity contribution in [3.8, 4) is 11.4 Å². The number of rotatable bonds is 5. The zero-order chi connectivity index (χ0) is 17.1. The highest BCUT2D eigenvalue weighted by Crippen LogP contribution is 2.20. The van der Waals surface area contributed by atoms with Crippen LogP contribution in [-0.4, -0.2) is 26.3 Å². The SMILES string of the molecule is CN(Cc1ccccc1)Cn1nc(-c2ccc(Cl)cc2)n(C)c1=S. The van der Waals surface area contributed by atoms with Crippen LogP contribution >= 0.6 is 23.8 Å². The number of hydrogen-bond donors (Lipinski definition) is 0. The maximum absolute atomic E-state index is 5.96. The van der Waals surface area contributed by atoms with Crippen molar-refractivity contribution in [1.29, 1.82) is 0 Å². The van der Waals surface area contributed by atoms with E-state index >= 15 is 0 Å². The van der Waals surface area contributed by atoms with Crippen LogP contribution in [0.4, 0.5) is 0 Å². The van der Waals surface area contributed by atoms with E-state index in [-0.39, 0.29) is 0 Å². The molecule has 0 fully saturated rings. The molecule has 0 aliphatic carbocycles. The second-order valence-electron chi connectivity index (χ2n) is 5.81. The third-order valence-electron chi connectivity index (χ3n) is 3.81. The van der Waals surface area contributed by atoms with Gasteiger partial charge in [0.25, 0.3) is 0 Å². The fourth-order valence-electron chi connectivity index (χ4n) is 2.60. The van der Waals surface area contributed by atoms with Gasteiger partial charge in [0.1, 0.15) is 0 Å². The van der Waals surface area contributed by atoms with Gasteiger partial charge in [-0.3, -0.25) is 4.90 Å². The molecule has 1 heterocycles. The minimum atomic E-state index is 0.634. The highest BCUT2D eigenvalue weighted by Gasteiger charge is 2.11. The molecule has 0 unspecified atom stereocenters. The van der Waals surface area contributed by atoms with Crippen LogP contribution in [0.5, 0.6) is 0 Å². The first-order valence-electron chi connectivity index (χ1n) is 7.67. The van der Waals surface area contributed by atoms with Crippen LogP contribution in [0.15, 0.2) is 54.6 Å². The van der Waals surface area contributed by atoms with E-state index in [1.165, 1.54) is 5.56 Å². The predicted octanol–water partition coefficient (Wildman–Crippen LogP) is 4.36. The molecule has 0 atom stereocenters. The first-order chi connectivity index (χ1) is 11.5. The van der Waals surface area contributed by atoms with E-state index in [2.05, 4.69) is 29.2 Å². The fourth-order valence-corrected chi connectivity index (χ4v) is 2.92. The number of benzene rings is 2. The molecule has 0 aliphatic heterocycles. The summed E-state index contributed by atoms with van der Waals surface area (Å²) in [6.07, 6.45) is 0. The van der Waals surface area contributed by atoms with Crippen LogP contribution in [0.3, 0.4) is 0 Å². The molecule has 0 saturated heterocycles. The van der Waals surface area contributed by atoms with Gasteiger partial charge in [-0.05, 0) is 49.1 Å². The molecular formula is C18H19ClN4S. The zero-order valence-electron chi connectivity index (χ0n) is 13.7. The van der Waals surface area contributed by atoms with Crippen LogP contribution in [0.2, 0.25) is 5.02 Å². The lowest BCUT2D eigenvalue weighted by Gasteiger charge is -2.16. The van der Waals surface area contributed by atoms with Gasteiger partial charge < -0.3 is 4.57 Å². The van der Waals surface area contributed by atoms with E-state index in [1.54, 1.807) is 0 Å². The third kappa shape index (κ3) is 3.75. The van der Waals surface area contributed by atoms with E-state index in [0.717, 1.165) is 17.9 Å². The van der Waals surface area contributed by atoms with Crippen LogP contribution < -0.4 is 0 Å². The highest BCUT2D eigenvalue weighted by molar-refractivity contribution is 7.71. The summed E-state index contributed by atoms with van der Waals surface area (Å²) in [5.41, 5.74) is 2.26. The first kappa shape index (κ1) is 16.9. The highest BCUT2D eigenvalue weighted by atomic mass is 35.5. The predicted molar refractivity (Wildman–Crippen MR) is 100 cm³/mol. The summed E-state index contributed by atoms with van der Waals surface area (Å²) in [5.74, 6) is 0.838. The summed E-state index contributed by atoms with van der Waals surface area (Å²) in [6, 6.07) is 18.0. The molecule has 3 aromatic rings. The van der Waals surface area contributed by atoms with Crippen LogP contribution in [0.25, 0.3) is 11.4 Å². The summed E-state index contributed by atoms with van der Waals surface area (Å²) >= 11 is 11.5. The Kier molecular flexibility index (Phi) is 5.14. The summed E-state index contributed by atoms with van der Waals surface area (Å²) in [5, 5.41) is 5.39. The molecule has 0 N–H and O–H groups in total. The van der Waals surface area contributed by atoms with Crippen molar-refractivity contribution in [3.63, 3.8) is 0 Å². The van der Waals surface area contributed by atoms with Gasteiger partial charge in [0.05, 0.1) is 6.67 Å². The zero-order valence-corrected chi connectivity index (χ0v) is 15.3. The molecule has 24 heavy (non-hydrogen) atoms. The van der Waals surface area contributed by atoms with Gasteiger partial charge in [-0.15, -0.1) is 0 Å². The molecule has 2 aromatic carbocycles. The van der Waals surface area contributed by atoms with Crippen molar-refractivity contribution in [2.24, 2.45) is 7.05 Å². The largest absolute Gasteiger partial charge is 0.303 e. The van der Waals surface area contributed by atoms with Crippen LogP contribution in [0, 0.1) is 4.77 Å². The molecule has 0 radical (unpaired) electrons. The smallest absolute Gasteiger partial charge is 0.199 e. The molecular weight excluding hydrogens is 340 g/mol. The Balaban J connectivity index is 1.80. The second kappa shape index (κ2) is 7.30. The lowest BCUT2D eigenvalue weighted by Crippen LogP contribution is -2.22. The van der Waals surface area contributed by atoms with Crippen molar-refractivity contribution in [2.45, 2.75) is 13.2 Å². The van der Waals surface area contributed by atoms with Crippen molar-refractivity contribution in [3.05, 3.63) is 70.0 Å². The summed E-state index contributed by atoms with van der Waals surface area (Å²) < 4.78 is 4.47. The van der Waals surface area contributed by atoms with Crippen LogP contribution in [0.1, 0.15) is 5.56 Å². The standard InChI is InChI=1S/C18H19ClN4S/c1-21(12-14-6-4-3-5-7-14)13-23-18(24)22(2)17(20-23)15-8-10-16(19)11-9-15/h3-11H,12-13H2,1-2H3. The maximum Gasteiger partial charge on any atom is 0.199 e. The summed E-state index contributed by atoms with van der Waals surface area (Å²) in [6.45, 7) is 1.48. The van der Waals surface area contributed by atoms with E-state index < -0.39 is 0 Å². The summed E-state index contributed by atoms with van der Waals surface area (Å²) in [7, 11) is 4.00. The molecule has 0 saturated carbocycles. The van der Waals surface area contributed by atoms with Gasteiger partial charge >= 0.3 is 0 Å². The Hall–Kier alpha value is -1.95. The minimum absolute atomic E-state index is 0.634. The normalized spacial score (nSPS) is 11.2. The lowest BCUT2D eigenvalue weighted by atomic mass is 10.2. The van der Waals surface area contributed by atoms with Gasteiger partial charge in [-0.1, -0.05) is 41.9 Å². The topological polar surface area (TPSA) is 26.0 Å². The third-order valence-corrected chi connectivity index (χ3v) is 4.55. The molecule has 4 nitrogen and oxygen atoms in total. The molecule has 3 rings (SSSR count). The molecule has 0 spiro atoms. The maximum atomic E-state index is 5.96. The van der Waals surface area contributed by atoms with Crippen molar-refractivity contribution < 1.29 is 0 Å². The Morgan fingerprint density at radius 3 is 2.42 bits per heavy atom. The summed E-state index contributed by atoms with van der Waals surface area (Å²) in [4.78, 5) is 2.18. The van der Waals surface area contributed by atoms with Gasteiger partial charge in [-0.2, -0.15) is 5.10 Å². The quantitative estimate of drug-likeness (QED) is 0.634. The average Bonchev–Trinajstić information content (AvgIpc) is 2.85. The second-order valence-corrected chi connectivity index (χ2v) is 6.61. The van der Waals surface area contributed by atoms with Gasteiger partial charge in [0, 0.05) is 24.2 Å². The average molecular weight is 359 g/mol.